The Kier molecular flexibility index (Phi) is 19.2. The molecule has 8 aliphatic rings. The maximum Gasteiger partial charge on any atom is 0.309 e. The van der Waals surface area contributed by atoms with Crippen molar-refractivity contribution in [3.8, 4) is 0 Å². The van der Waals surface area contributed by atoms with Gasteiger partial charge < -0.3 is 38.8 Å². The SMILES string of the molecule is O=C(CCCNCCCC(O)OC(COC(=O)C1CCC2CCCC2C1)COC(=O)C1CCC2CCCC2C1)OC(COC(=O)C1CCC2CCCC2C1)COC(=O)C1CCC2CCCC2C1. The minimum Gasteiger partial charge on any atom is -0.463 e. The van der Waals surface area contributed by atoms with Gasteiger partial charge >= 0.3 is 29.8 Å². The standard InChI is InChI=1S/C54H85NO12/c56-49(66-47(31-62-51(58)43-21-17-35-7-1-11-39(35)27-43)32-63-52(59)44-22-18-36-8-2-12-40(36)28-44)15-5-25-55-26-6-16-50(57)67-48(33-64-53(60)45-23-19-37-9-3-13-41(37)29-45)34-65-54(61)46-24-20-38-10-4-14-42(38)30-46/h35-49,55-56H,1-34H2. The molecule has 0 aliphatic heterocycles. The van der Waals surface area contributed by atoms with Crippen LogP contribution in [0.3, 0.4) is 0 Å². The highest BCUT2D eigenvalue weighted by atomic mass is 16.6. The van der Waals surface area contributed by atoms with E-state index in [4.69, 9.17) is 28.4 Å². The topological polar surface area (TPSA) is 173 Å². The van der Waals surface area contributed by atoms with Crippen molar-refractivity contribution in [3.63, 3.8) is 0 Å². The Labute approximate surface area is 400 Å². The molecule has 0 aromatic rings. The van der Waals surface area contributed by atoms with E-state index >= 15 is 0 Å². The number of aliphatic hydroxyl groups is 1. The molecule has 13 atom stereocenters. The fraction of sp³-hybridized carbons (Fsp3) is 0.907. The van der Waals surface area contributed by atoms with E-state index < -0.39 is 24.5 Å². The van der Waals surface area contributed by atoms with Crippen LogP contribution < -0.4 is 5.32 Å². The second kappa shape index (κ2) is 25.4. The molecule has 0 amide bonds. The summed E-state index contributed by atoms with van der Waals surface area (Å²) in [5, 5.41) is 14.3. The fourth-order valence-corrected chi connectivity index (χ4v) is 14.5. The molecule has 0 aromatic carbocycles. The van der Waals surface area contributed by atoms with Gasteiger partial charge in [-0.15, -0.1) is 0 Å². The van der Waals surface area contributed by atoms with Gasteiger partial charge in [0.05, 0.1) is 23.7 Å². The van der Waals surface area contributed by atoms with Crippen LogP contribution in [0.15, 0.2) is 0 Å². The van der Waals surface area contributed by atoms with Crippen molar-refractivity contribution in [3.05, 3.63) is 0 Å². The van der Waals surface area contributed by atoms with Crippen LogP contribution in [-0.4, -0.2) is 93.0 Å². The summed E-state index contributed by atoms with van der Waals surface area (Å²) in [5.74, 6) is 3.47. The van der Waals surface area contributed by atoms with Gasteiger partial charge in [-0.1, -0.05) is 77.0 Å². The summed E-state index contributed by atoms with van der Waals surface area (Å²) in [6, 6.07) is 0. The zero-order chi connectivity index (χ0) is 46.5. The van der Waals surface area contributed by atoms with Crippen LogP contribution in [0.25, 0.3) is 0 Å². The first-order valence-electron chi connectivity index (χ1n) is 27.5. The normalized spacial score (nSPS) is 34.6. The molecule has 2 N–H and O–H groups in total. The summed E-state index contributed by atoms with van der Waals surface area (Å²) in [4.78, 5) is 65.9. The largest absolute Gasteiger partial charge is 0.463 e. The van der Waals surface area contributed by atoms with E-state index in [9.17, 15) is 29.1 Å². The van der Waals surface area contributed by atoms with Gasteiger partial charge in [0.1, 0.15) is 32.5 Å². The lowest BCUT2D eigenvalue weighted by Crippen LogP contribution is -2.36. The predicted molar refractivity (Wildman–Crippen MR) is 249 cm³/mol. The van der Waals surface area contributed by atoms with Gasteiger partial charge in [-0.25, -0.2) is 0 Å². The fourth-order valence-electron chi connectivity index (χ4n) is 14.5. The minimum atomic E-state index is -1.14. The van der Waals surface area contributed by atoms with E-state index in [1.807, 2.05) is 0 Å². The van der Waals surface area contributed by atoms with Crippen LogP contribution in [0.1, 0.15) is 180 Å². The van der Waals surface area contributed by atoms with Gasteiger partial charge in [-0.05, 0) is 157 Å². The Hall–Kier alpha value is -2.77. The van der Waals surface area contributed by atoms with E-state index in [-0.39, 0.29) is 80.4 Å². The monoisotopic (exact) mass is 940 g/mol. The molecule has 378 valence electrons. The molecule has 0 spiro atoms. The maximum atomic E-state index is 13.2. The highest BCUT2D eigenvalue weighted by Gasteiger charge is 2.41. The first-order valence-corrected chi connectivity index (χ1v) is 27.5. The second-order valence-electron chi connectivity index (χ2n) is 22.7. The smallest absolute Gasteiger partial charge is 0.309 e. The van der Waals surface area contributed by atoms with Crippen molar-refractivity contribution in [1.82, 2.24) is 5.32 Å². The summed E-state index contributed by atoms with van der Waals surface area (Å²) in [6.45, 7) is 0.688. The minimum absolute atomic E-state index is 0.0775. The number of hydrogen-bond acceptors (Lipinski definition) is 13. The van der Waals surface area contributed by atoms with Crippen molar-refractivity contribution in [2.45, 2.75) is 198 Å². The van der Waals surface area contributed by atoms with Crippen molar-refractivity contribution in [2.75, 3.05) is 39.5 Å². The molecule has 13 unspecified atom stereocenters. The van der Waals surface area contributed by atoms with Gasteiger partial charge in [-0.2, -0.15) is 0 Å². The molecule has 0 heterocycles. The number of aliphatic hydroxyl groups excluding tert-OH is 1. The lowest BCUT2D eigenvalue weighted by Gasteiger charge is -2.31. The highest BCUT2D eigenvalue weighted by Crippen LogP contribution is 2.47. The summed E-state index contributed by atoms with van der Waals surface area (Å²) >= 11 is 0. The Morgan fingerprint density at radius 2 is 0.776 bits per heavy atom. The number of fused-ring (bicyclic) bond motifs is 4. The lowest BCUT2D eigenvalue weighted by molar-refractivity contribution is -0.186. The zero-order valence-electron chi connectivity index (χ0n) is 40.6. The van der Waals surface area contributed by atoms with E-state index in [2.05, 4.69) is 5.32 Å². The molecule has 0 bridgehead atoms. The molecule has 0 radical (unpaired) electrons. The maximum absolute atomic E-state index is 13.2. The molecular weight excluding hydrogens is 855 g/mol. The number of ether oxygens (including phenoxy) is 6. The van der Waals surface area contributed by atoms with Crippen LogP contribution in [0.5, 0.6) is 0 Å². The molecule has 67 heavy (non-hydrogen) atoms. The van der Waals surface area contributed by atoms with Crippen LogP contribution >= 0.6 is 0 Å². The molecule has 8 fully saturated rings. The highest BCUT2D eigenvalue weighted by molar-refractivity contribution is 5.74. The molecule has 8 rings (SSSR count). The average Bonchev–Trinajstić information content (AvgIpc) is 4.19. The van der Waals surface area contributed by atoms with Crippen molar-refractivity contribution in [1.29, 1.82) is 0 Å². The molecule has 13 heteroatoms. The third kappa shape index (κ3) is 14.6. The van der Waals surface area contributed by atoms with Gasteiger partial charge in [0, 0.05) is 6.42 Å². The molecule has 0 aromatic heterocycles. The summed E-state index contributed by atoms with van der Waals surface area (Å²) in [5.41, 5.74) is 0. The van der Waals surface area contributed by atoms with Crippen LogP contribution in [0, 0.1) is 71.0 Å². The van der Waals surface area contributed by atoms with E-state index in [1.54, 1.807) is 0 Å². The number of carbonyl (C=O) groups is 5. The van der Waals surface area contributed by atoms with Crippen LogP contribution in [0.4, 0.5) is 0 Å². The average molecular weight is 940 g/mol. The number of rotatable bonds is 23. The number of hydrogen-bond donors (Lipinski definition) is 2. The van der Waals surface area contributed by atoms with E-state index in [0.717, 1.165) is 101 Å². The number of carbonyl (C=O) groups excluding carboxylic acids is 5. The molecule has 0 saturated heterocycles. The van der Waals surface area contributed by atoms with Gasteiger partial charge in [0.2, 0.25) is 0 Å². The zero-order valence-corrected chi connectivity index (χ0v) is 40.6. The summed E-state index contributed by atoms with van der Waals surface area (Å²) < 4.78 is 34.9. The quantitative estimate of drug-likeness (QED) is 0.0431. The Bertz CT molecular complexity index is 1530. The van der Waals surface area contributed by atoms with Gasteiger partial charge in [-0.3, -0.25) is 24.0 Å². The molecule has 13 nitrogen and oxygen atoms in total. The first-order chi connectivity index (χ1) is 32.6. The Balaban J connectivity index is 0.736. The first kappa shape index (κ1) is 50.6. The molecule has 8 aliphatic carbocycles. The second-order valence-corrected chi connectivity index (χ2v) is 22.7. The van der Waals surface area contributed by atoms with E-state index in [0.29, 0.717) is 56.0 Å². The van der Waals surface area contributed by atoms with Crippen LogP contribution in [-0.2, 0) is 52.4 Å². The van der Waals surface area contributed by atoms with E-state index in [1.165, 1.54) is 77.0 Å². The van der Waals surface area contributed by atoms with Crippen LogP contribution in [0.2, 0.25) is 0 Å². The predicted octanol–water partition coefficient (Wildman–Crippen LogP) is 8.79. The lowest BCUT2D eigenvalue weighted by atomic mass is 9.76. The van der Waals surface area contributed by atoms with Crippen molar-refractivity contribution >= 4 is 29.8 Å². The molecular formula is C54H85NO12. The molecule has 8 saturated carbocycles. The number of nitrogens with one attached hydrogen (secondary N) is 1. The summed E-state index contributed by atoms with van der Waals surface area (Å²) in [6.07, 6.45) is 24.6. The third-order valence-corrected chi connectivity index (χ3v) is 18.3. The number of esters is 5. The third-order valence-electron chi connectivity index (χ3n) is 18.3. The van der Waals surface area contributed by atoms with Crippen molar-refractivity contribution < 1.29 is 57.5 Å². The Morgan fingerprint density at radius 3 is 1.16 bits per heavy atom. The summed E-state index contributed by atoms with van der Waals surface area (Å²) in [7, 11) is 0. The van der Waals surface area contributed by atoms with Crippen molar-refractivity contribution in [2.24, 2.45) is 71.0 Å². The Morgan fingerprint density at radius 1 is 0.433 bits per heavy atom. The van der Waals surface area contributed by atoms with Gasteiger partial charge in [0.15, 0.2) is 12.4 Å². The van der Waals surface area contributed by atoms with Gasteiger partial charge in [0.25, 0.3) is 0 Å².